The second-order valence-electron chi connectivity index (χ2n) is 9.00. The van der Waals surface area contributed by atoms with Crippen LogP contribution >= 0.6 is 11.6 Å². The van der Waals surface area contributed by atoms with Crippen molar-refractivity contribution in [1.29, 1.82) is 0 Å². The van der Waals surface area contributed by atoms with Gasteiger partial charge >= 0.3 is 0 Å². The van der Waals surface area contributed by atoms with E-state index in [1.165, 1.54) is 0 Å². The maximum absolute atomic E-state index is 13.0. The third kappa shape index (κ3) is 4.02. The molecule has 7 nitrogen and oxygen atoms in total. The highest BCUT2D eigenvalue weighted by Gasteiger charge is 2.32. The van der Waals surface area contributed by atoms with E-state index in [9.17, 15) is 4.79 Å². The van der Waals surface area contributed by atoms with Crippen LogP contribution in [-0.4, -0.2) is 51.9 Å². The number of ether oxygens (including phenoxy) is 2. The zero-order chi connectivity index (χ0) is 21.6. The number of nitrogens with zero attached hydrogens (tertiary/aromatic N) is 3. The summed E-state index contributed by atoms with van der Waals surface area (Å²) in [4.78, 5) is 22.4. The molecular formula is C23H27ClN4O3. The highest BCUT2D eigenvalue weighted by molar-refractivity contribution is 6.31. The van der Waals surface area contributed by atoms with Crippen LogP contribution < -0.4 is 5.32 Å². The Morgan fingerprint density at radius 3 is 3.00 bits per heavy atom. The molecule has 8 heteroatoms. The molecule has 1 N–H and O–H groups in total. The Labute approximate surface area is 186 Å². The van der Waals surface area contributed by atoms with Gasteiger partial charge in [0.25, 0.3) is 0 Å². The van der Waals surface area contributed by atoms with E-state index < -0.39 is 0 Å². The summed E-state index contributed by atoms with van der Waals surface area (Å²) in [5.74, 6) is 0.711. The van der Waals surface area contributed by atoms with Gasteiger partial charge in [-0.05, 0) is 51.3 Å². The fourth-order valence-corrected chi connectivity index (χ4v) is 4.99. The monoisotopic (exact) mass is 442 g/mol. The van der Waals surface area contributed by atoms with Crippen molar-refractivity contribution in [3.8, 4) is 0 Å². The Kier molecular flexibility index (Phi) is 5.36. The summed E-state index contributed by atoms with van der Waals surface area (Å²) in [6, 6.07) is 5.91. The van der Waals surface area contributed by atoms with E-state index >= 15 is 0 Å². The van der Waals surface area contributed by atoms with Gasteiger partial charge in [-0.2, -0.15) is 0 Å². The van der Waals surface area contributed by atoms with Crippen molar-refractivity contribution >= 4 is 39.4 Å². The second-order valence-corrected chi connectivity index (χ2v) is 9.44. The number of amides is 1. The van der Waals surface area contributed by atoms with E-state index in [1.54, 1.807) is 6.20 Å². The highest BCUT2D eigenvalue weighted by Crippen LogP contribution is 2.34. The number of fused-ring (bicyclic) bond motifs is 3. The molecule has 4 heterocycles. The van der Waals surface area contributed by atoms with Gasteiger partial charge in [0, 0.05) is 29.7 Å². The van der Waals surface area contributed by atoms with Crippen molar-refractivity contribution in [3.63, 3.8) is 0 Å². The van der Waals surface area contributed by atoms with Crippen LogP contribution in [0.15, 0.2) is 24.4 Å². The molecule has 164 valence electrons. The van der Waals surface area contributed by atoms with Crippen LogP contribution in [0, 0.1) is 0 Å². The molecule has 1 unspecified atom stereocenters. The average Bonchev–Trinajstić information content (AvgIpc) is 3.31. The van der Waals surface area contributed by atoms with Gasteiger partial charge < -0.3 is 19.4 Å². The van der Waals surface area contributed by atoms with Gasteiger partial charge in [-0.25, -0.2) is 4.98 Å². The fourth-order valence-electron chi connectivity index (χ4n) is 4.81. The lowest BCUT2D eigenvalue weighted by Crippen LogP contribution is -2.47. The predicted molar refractivity (Wildman–Crippen MR) is 119 cm³/mol. The molecule has 1 amide bonds. The van der Waals surface area contributed by atoms with E-state index in [0.717, 1.165) is 47.0 Å². The van der Waals surface area contributed by atoms with E-state index in [0.29, 0.717) is 24.8 Å². The summed E-state index contributed by atoms with van der Waals surface area (Å²) in [6.07, 6.45) is 4.72. The first kappa shape index (κ1) is 20.7. The van der Waals surface area contributed by atoms with Gasteiger partial charge in [-0.1, -0.05) is 11.6 Å². The number of pyridine rings is 1. The fraction of sp³-hybridized carbons (Fsp3) is 0.522. The van der Waals surface area contributed by atoms with Gasteiger partial charge in [0.2, 0.25) is 5.91 Å². The molecule has 2 aliphatic heterocycles. The van der Waals surface area contributed by atoms with Crippen LogP contribution in [0.25, 0.3) is 21.9 Å². The first-order chi connectivity index (χ1) is 14.9. The Balaban J connectivity index is 1.59. The zero-order valence-electron chi connectivity index (χ0n) is 17.9. The van der Waals surface area contributed by atoms with E-state index in [1.807, 2.05) is 25.1 Å². The maximum Gasteiger partial charge on any atom is 0.228 e. The van der Waals surface area contributed by atoms with Crippen LogP contribution in [0.3, 0.4) is 0 Å². The molecule has 3 atom stereocenters. The normalized spacial score (nSPS) is 26.5. The van der Waals surface area contributed by atoms with Crippen molar-refractivity contribution in [2.75, 3.05) is 19.8 Å². The third-order valence-corrected chi connectivity index (χ3v) is 6.59. The number of benzene rings is 1. The second kappa shape index (κ2) is 8.04. The molecule has 0 radical (unpaired) electrons. The molecule has 1 aromatic carbocycles. The molecule has 31 heavy (non-hydrogen) atoms. The predicted octanol–water partition coefficient (Wildman–Crippen LogP) is 3.82. The molecule has 2 aliphatic rings. The van der Waals surface area contributed by atoms with Gasteiger partial charge in [-0.15, -0.1) is 0 Å². The van der Waals surface area contributed by atoms with E-state index in [-0.39, 0.29) is 30.0 Å². The molecule has 0 aliphatic carbocycles. The van der Waals surface area contributed by atoms with Gasteiger partial charge in [0.1, 0.15) is 11.3 Å². The summed E-state index contributed by atoms with van der Waals surface area (Å²) in [5.41, 5.74) is 2.32. The topological polar surface area (TPSA) is 78.3 Å². The van der Waals surface area contributed by atoms with E-state index in [4.69, 9.17) is 26.1 Å². The number of nitrogens with one attached hydrogen (secondary N) is 1. The lowest BCUT2D eigenvalue weighted by molar-refractivity contribution is -0.122. The summed E-state index contributed by atoms with van der Waals surface area (Å²) in [7, 11) is 0. The quantitative estimate of drug-likeness (QED) is 0.664. The smallest absolute Gasteiger partial charge is 0.228 e. The molecule has 3 aromatic rings. The SMILES string of the molecule is C[C@@H]1C[C@H](n2c(CC(=O)NC3(C)CCOC3)nc3cnc4ccc(Cl)cc4c32)CCO1. The Morgan fingerprint density at radius 2 is 2.23 bits per heavy atom. The summed E-state index contributed by atoms with van der Waals surface area (Å²) in [6.45, 7) is 6.03. The first-order valence-corrected chi connectivity index (χ1v) is 11.3. The molecule has 0 bridgehead atoms. The molecule has 5 rings (SSSR count). The van der Waals surface area contributed by atoms with Crippen LogP contribution in [0.5, 0.6) is 0 Å². The number of rotatable bonds is 4. The maximum atomic E-state index is 13.0. The molecule has 2 fully saturated rings. The molecular weight excluding hydrogens is 416 g/mol. The third-order valence-electron chi connectivity index (χ3n) is 6.35. The number of hydrogen-bond acceptors (Lipinski definition) is 5. The average molecular weight is 443 g/mol. The van der Waals surface area contributed by atoms with Crippen molar-refractivity contribution in [1.82, 2.24) is 19.9 Å². The van der Waals surface area contributed by atoms with E-state index in [2.05, 4.69) is 21.8 Å². The first-order valence-electron chi connectivity index (χ1n) is 10.9. The number of carbonyl (C=O) groups is 1. The standard InChI is InChI=1S/C23H27ClN4O3/c1-14-9-16(5-7-31-14)28-20(11-21(29)27-23(2)6-8-30-13-23)26-19-12-25-18-4-3-15(24)10-17(18)22(19)28/h3-4,10,12,14,16H,5-9,11,13H2,1-2H3,(H,27,29)/t14-,16-,23?/m1/s1. The van der Waals surface area contributed by atoms with Gasteiger partial charge in [0.05, 0.1) is 41.9 Å². The van der Waals surface area contributed by atoms with Crippen LogP contribution in [0.1, 0.15) is 45.0 Å². The Hall–Kier alpha value is -2.22. The van der Waals surface area contributed by atoms with Crippen molar-refractivity contribution < 1.29 is 14.3 Å². The minimum atomic E-state index is -0.317. The van der Waals surface area contributed by atoms with Crippen LogP contribution in [-0.2, 0) is 20.7 Å². The van der Waals surface area contributed by atoms with Crippen molar-refractivity contribution in [2.45, 2.75) is 57.2 Å². The number of halogens is 1. The minimum Gasteiger partial charge on any atom is -0.379 e. The molecule has 2 aromatic heterocycles. The largest absolute Gasteiger partial charge is 0.379 e. The van der Waals surface area contributed by atoms with Crippen molar-refractivity contribution in [2.24, 2.45) is 0 Å². The Morgan fingerprint density at radius 1 is 1.35 bits per heavy atom. The number of carbonyl (C=O) groups excluding carboxylic acids is 1. The summed E-state index contributed by atoms with van der Waals surface area (Å²) in [5, 5.41) is 4.77. The number of imidazole rings is 1. The van der Waals surface area contributed by atoms with Crippen LogP contribution in [0.4, 0.5) is 0 Å². The highest BCUT2D eigenvalue weighted by atomic mass is 35.5. The van der Waals surface area contributed by atoms with Crippen molar-refractivity contribution in [3.05, 3.63) is 35.2 Å². The zero-order valence-corrected chi connectivity index (χ0v) is 18.6. The molecule has 2 saturated heterocycles. The lowest BCUT2D eigenvalue weighted by Gasteiger charge is -2.30. The summed E-state index contributed by atoms with van der Waals surface area (Å²) >= 11 is 6.33. The number of aromatic nitrogens is 3. The minimum absolute atomic E-state index is 0.0417. The number of hydrogen-bond donors (Lipinski definition) is 1. The summed E-state index contributed by atoms with van der Waals surface area (Å²) < 4.78 is 13.5. The lowest BCUT2D eigenvalue weighted by atomic mass is 10.0. The molecule has 0 spiro atoms. The van der Waals surface area contributed by atoms with Gasteiger partial charge in [0.15, 0.2) is 0 Å². The molecule has 0 saturated carbocycles. The van der Waals surface area contributed by atoms with Crippen LogP contribution in [0.2, 0.25) is 5.02 Å². The Bertz CT molecular complexity index is 1140. The van der Waals surface area contributed by atoms with Gasteiger partial charge in [-0.3, -0.25) is 9.78 Å².